The van der Waals surface area contributed by atoms with E-state index in [-0.39, 0.29) is 24.5 Å². The lowest BCUT2D eigenvalue weighted by Gasteiger charge is -2.41. The third-order valence-corrected chi connectivity index (χ3v) is 4.89. The number of rotatable bonds is 3. The first-order valence-electron chi connectivity index (χ1n) is 7.54. The Morgan fingerprint density at radius 1 is 1.26 bits per heavy atom. The van der Waals surface area contributed by atoms with E-state index in [1.165, 1.54) is 25.7 Å². The maximum atomic E-state index is 12.4. The molecule has 0 aromatic rings. The lowest BCUT2D eigenvalue weighted by molar-refractivity contribution is -0.147. The van der Waals surface area contributed by atoms with Crippen LogP contribution in [0.1, 0.15) is 46.0 Å². The number of amides is 1. The predicted octanol–water partition coefficient (Wildman–Crippen LogP) is 1.40. The fraction of sp³-hybridized carbons (Fsp3) is 0.933. The minimum Gasteiger partial charge on any atom is -0.395 e. The van der Waals surface area contributed by atoms with Crippen LogP contribution < -0.4 is 0 Å². The smallest absolute Gasteiger partial charge is 0.230 e. The highest BCUT2D eigenvalue weighted by molar-refractivity contribution is 5.82. The first-order chi connectivity index (χ1) is 8.95. The summed E-state index contributed by atoms with van der Waals surface area (Å²) in [6, 6.07) is 0. The van der Waals surface area contributed by atoms with E-state index in [2.05, 4.69) is 0 Å². The average molecular weight is 269 g/mol. The van der Waals surface area contributed by atoms with Crippen molar-refractivity contribution in [2.24, 2.45) is 17.3 Å². The Hall–Kier alpha value is -0.610. The number of carbonyl (C=O) groups is 1. The minimum absolute atomic E-state index is 0.0184. The van der Waals surface area contributed by atoms with E-state index in [4.69, 9.17) is 0 Å². The van der Waals surface area contributed by atoms with Gasteiger partial charge in [0.15, 0.2) is 0 Å². The molecule has 0 bridgehead atoms. The Kier molecular flexibility index (Phi) is 4.51. The van der Waals surface area contributed by atoms with Gasteiger partial charge < -0.3 is 15.1 Å². The summed E-state index contributed by atoms with van der Waals surface area (Å²) in [5.74, 6) is 0.822. The molecule has 2 atom stereocenters. The van der Waals surface area contributed by atoms with E-state index in [1.54, 1.807) is 13.8 Å². The van der Waals surface area contributed by atoms with E-state index >= 15 is 0 Å². The van der Waals surface area contributed by atoms with Crippen molar-refractivity contribution in [2.45, 2.75) is 52.1 Å². The number of piperidine rings is 1. The van der Waals surface area contributed by atoms with Gasteiger partial charge in [0, 0.05) is 19.0 Å². The second kappa shape index (κ2) is 5.80. The van der Waals surface area contributed by atoms with Crippen LogP contribution in [0.2, 0.25) is 0 Å². The van der Waals surface area contributed by atoms with Gasteiger partial charge in [-0.05, 0) is 26.2 Å². The molecule has 1 saturated heterocycles. The van der Waals surface area contributed by atoms with Crippen LogP contribution in [0.3, 0.4) is 0 Å². The molecule has 2 aliphatic rings. The summed E-state index contributed by atoms with van der Waals surface area (Å²) in [4.78, 5) is 14.3. The third kappa shape index (κ3) is 3.11. The van der Waals surface area contributed by atoms with Crippen LogP contribution >= 0.6 is 0 Å². The molecular weight excluding hydrogens is 242 g/mol. The van der Waals surface area contributed by atoms with Crippen LogP contribution in [0.4, 0.5) is 0 Å². The zero-order valence-corrected chi connectivity index (χ0v) is 12.1. The normalized spacial score (nSPS) is 29.8. The summed E-state index contributed by atoms with van der Waals surface area (Å²) in [5, 5.41) is 19.5. The molecule has 1 aliphatic carbocycles. The predicted molar refractivity (Wildman–Crippen MR) is 73.5 cm³/mol. The maximum absolute atomic E-state index is 12.4. The molecule has 2 rings (SSSR count). The van der Waals surface area contributed by atoms with Gasteiger partial charge in [-0.1, -0.05) is 25.7 Å². The van der Waals surface area contributed by atoms with Gasteiger partial charge in [0.2, 0.25) is 5.91 Å². The monoisotopic (exact) mass is 269 g/mol. The van der Waals surface area contributed by atoms with Gasteiger partial charge in [-0.25, -0.2) is 0 Å². The molecule has 0 radical (unpaired) electrons. The Bertz CT molecular complexity index is 323. The molecule has 0 spiro atoms. The molecule has 4 nitrogen and oxygen atoms in total. The SMILES string of the molecule is CC(C)(CO)C(=O)N1CC[C@H](O)[C@@H](C2CCCC2)C1. The first kappa shape index (κ1) is 14.8. The van der Waals surface area contributed by atoms with Crippen molar-refractivity contribution in [1.82, 2.24) is 4.90 Å². The summed E-state index contributed by atoms with van der Waals surface area (Å²) in [5.41, 5.74) is -0.706. The van der Waals surface area contributed by atoms with Gasteiger partial charge in [-0.3, -0.25) is 4.79 Å². The van der Waals surface area contributed by atoms with E-state index in [1.807, 2.05) is 4.90 Å². The lowest BCUT2D eigenvalue weighted by Crippen LogP contribution is -2.52. The summed E-state index contributed by atoms with van der Waals surface area (Å²) in [6.07, 6.45) is 5.30. The first-order valence-corrected chi connectivity index (χ1v) is 7.54. The highest BCUT2D eigenvalue weighted by Crippen LogP contribution is 2.37. The largest absolute Gasteiger partial charge is 0.395 e. The van der Waals surface area contributed by atoms with Gasteiger partial charge in [0.05, 0.1) is 18.1 Å². The van der Waals surface area contributed by atoms with Gasteiger partial charge in [0.1, 0.15) is 0 Å². The molecule has 19 heavy (non-hydrogen) atoms. The molecule has 1 aliphatic heterocycles. The second-order valence-corrected chi connectivity index (χ2v) is 6.86. The van der Waals surface area contributed by atoms with Crippen molar-refractivity contribution >= 4 is 5.91 Å². The minimum atomic E-state index is -0.706. The Morgan fingerprint density at radius 2 is 1.89 bits per heavy atom. The number of likely N-dealkylation sites (tertiary alicyclic amines) is 1. The number of hydrogen-bond acceptors (Lipinski definition) is 3. The standard InChI is InChI=1S/C15H27NO3/c1-15(2,10-17)14(19)16-8-7-13(18)12(9-16)11-5-3-4-6-11/h11-13,17-18H,3-10H2,1-2H3/t12-,13+/m1/s1. The molecule has 110 valence electrons. The Balaban J connectivity index is 2.02. The van der Waals surface area contributed by atoms with Crippen LogP contribution in [0, 0.1) is 17.3 Å². The molecule has 0 unspecified atom stereocenters. The quantitative estimate of drug-likeness (QED) is 0.814. The van der Waals surface area contributed by atoms with Crippen molar-refractivity contribution in [3.8, 4) is 0 Å². The van der Waals surface area contributed by atoms with E-state index in [0.29, 0.717) is 25.4 Å². The molecule has 1 saturated carbocycles. The van der Waals surface area contributed by atoms with Crippen molar-refractivity contribution in [1.29, 1.82) is 0 Å². The summed E-state index contributed by atoms with van der Waals surface area (Å²) < 4.78 is 0. The third-order valence-electron chi connectivity index (χ3n) is 4.89. The Morgan fingerprint density at radius 3 is 2.47 bits per heavy atom. The van der Waals surface area contributed by atoms with Crippen molar-refractivity contribution in [2.75, 3.05) is 19.7 Å². The van der Waals surface area contributed by atoms with Crippen LogP contribution in [-0.4, -0.2) is 46.8 Å². The van der Waals surface area contributed by atoms with Crippen molar-refractivity contribution in [3.63, 3.8) is 0 Å². The maximum Gasteiger partial charge on any atom is 0.230 e. The number of aliphatic hydroxyl groups is 2. The van der Waals surface area contributed by atoms with Crippen molar-refractivity contribution in [3.05, 3.63) is 0 Å². The fourth-order valence-electron chi connectivity index (χ4n) is 3.50. The average Bonchev–Trinajstić information content (AvgIpc) is 2.92. The molecule has 4 heteroatoms. The Labute approximate surface area is 115 Å². The molecule has 2 fully saturated rings. The fourth-order valence-corrected chi connectivity index (χ4v) is 3.50. The van der Waals surface area contributed by atoms with Gasteiger partial charge in [-0.15, -0.1) is 0 Å². The number of hydrogen-bond donors (Lipinski definition) is 2. The zero-order chi connectivity index (χ0) is 14.0. The summed E-state index contributed by atoms with van der Waals surface area (Å²) >= 11 is 0. The molecule has 2 N–H and O–H groups in total. The van der Waals surface area contributed by atoms with Gasteiger partial charge in [0.25, 0.3) is 0 Å². The lowest BCUT2D eigenvalue weighted by atomic mass is 9.81. The van der Waals surface area contributed by atoms with Gasteiger partial charge >= 0.3 is 0 Å². The number of aliphatic hydroxyl groups excluding tert-OH is 2. The van der Waals surface area contributed by atoms with Crippen LogP contribution in [0.5, 0.6) is 0 Å². The summed E-state index contributed by atoms with van der Waals surface area (Å²) in [6.45, 7) is 4.72. The highest BCUT2D eigenvalue weighted by atomic mass is 16.3. The molecule has 1 heterocycles. The van der Waals surface area contributed by atoms with Gasteiger partial charge in [-0.2, -0.15) is 0 Å². The molecule has 0 aromatic carbocycles. The number of nitrogens with zero attached hydrogens (tertiary/aromatic N) is 1. The van der Waals surface area contributed by atoms with Crippen LogP contribution in [0.15, 0.2) is 0 Å². The zero-order valence-electron chi connectivity index (χ0n) is 12.1. The number of carbonyl (C=O) groups excluding carboxylic acids is 1. The van der Waals surface area contributed by atoms with Crippen LogP contribution in [-0.2, 0) is 4.79 Å². The van der Waals surface area contributed by atoms with E-state index < -0.39 is 5.41 Å². The molecular formula is C15H27NO3. The second-order valence-electron chi connectivity index (χ2n) is 6.86. The van der Waals surface area contributed by atoms with E-state index in [0.717, 1.165) is 0 Å². The topological polar surface area (TPSA) is 60.8 Å². The van der Waals surface area contributed by atoms with Crippen LogP contribution in [0.25, 0.3) is 0 Å². The highest BCUT2D eigenvalue weighted by Gasteiger charge is 2.39. The summed E-state index contributed by atoms with van der Waals surface area (Å²) in [7, 11) is 0. The molecule has 1 amide bonds. The molecule has 0 aromatic heterocycles. The van der Waals surface area contributed by atoms with Crippen molar-refractivity contribution < 1.29 is 15.0 Å². The van der Waals surface area contributed by atoms with E-state index in [9.17, 15) is 15.0 Å².